The van der Waals surface area contributed by atoms with E-state index in [1.807, 2.05) is 6.07 Å². The van der Waals surface area contributed by atoms with Gasteiger partial charge in [-0.2, -0.15) is 0 Å². The summed E-state index contributed by atoms with van der Waals surface area (Å²) in [7, 11) is 3.77. The van der Waals surface area contributed by atoms with Gasteiger partial charge < -0.3 is 14.2 Å². The van der Waals surface area contributed by atoms with Crippen molar-refractivity contribution in [2.45, 2.75) is 13.0 Å². The summed E-state index contributed by atoms with van der Waals surface area (Å²) in [5.74, 6) is 0.785. The summed E-state index contributed by atoms with van der Waals surface area (Å²) in [4.78, 5) is 2.28. The van der Waals surface area contributed by atoms with Gasteiger partial charge in [-0.3, -0.25) is 0 Å². The maximum absolute atomic E-state index is 5.16. The van der Waals surface area contributed by atoms with Crippen LogP contribution in [0.5, 0.6) is 0 Å². The van der Waals surface area contributed by atoms with Gasteiger partial charge in [-0.05, 0) is 19.0 Å². The zero-order valence-electron chi connectivity index (χ0n) is 9.19. The minimum Gasteiger partial charge on any atom is -0.377 e. The smallest absolute Gasteiger partial charge is 0.162 e. The summed E-state index contributed by atoms with van der Waals surface area (Å²) in [6, 6.07) is 1.96. The lowest BCUT2D eigenvalue weighted by Crippen LogP contribution is -2.23. The highest BCUT2D eigenvalue weighted by Crippen LogP contribution is 2.21. The summed E-state index contributed by atoms with van der Waals surface area (Å²) in [6.45, 7) is 2.56. The van der Waals surface area contributed by atoms with E-state index in [1.165, 1.54) is 5.57 Å². The molecule has 0 saturated carbocycles. The average Bonchev–Trinajstić information content (AvgIpc) is 2.68. The van der Waals surface area contributed by atoms with Crippen LogP contribution >= 0.6 is 0 Å². The van der Waals surface area contributed by atoms with Crippen LogP contribution in [0.4, 0.5) is 0 Å². The molecule has 0 saturated heterocycles. The second kappa shape index (κ2) is 4.59. The van der Waals surface area contributed by atoms with Crippen LogP contribution in [-0.4, -0.2) is 37.3 Å². The molecule has 4 nitrogen and oxygen atoms in total. The predicted molar refractivity (Wildman–Crippen MR) is 57.3 cm³/mol. The zero-order chi connectivity index (χ0) is 10.7. The van der Waals surface area contributed by atoms with Gasteiger partial charge >= 0.3 is 0 Å². The molecule has 0 radical (unpaired) electrons. The predicted octanol–water partition coefficient (Wildman–Crippen LogP) is 1.54. The number of methoxy groups -OCH3 is 1. The summed E-state index contributed by atoms with van der Waals surface area (Å²) in [6.07, 6.45) is 3.24. The molecule has 1 aromatic heterocycles. The average molecular weight is 208 g/mol. The van der Waals surface area contributed by atoms with Gasteiger partial charge in [0.25, 0.3) is 0 Å². The lowest BCUT2D eigenvalue weighted by Gasteiger charge is -2.20. The highest BCUT2D eigenvalue weighted by molar-refractivity contribution is 5.63. The molecular weight excluding hydrogens is 192 g/mol. The molecule has 0 bridgehead atoms. The van der Waals surface area contributed by atoms with E-state index in [0.717, 1.165) is 31.0 Å². The minimum absolute atomic E-state index is 0.486. The Morgan fingerprint density at radius 3 is 3.13 bits per heavy atom. The third kappa shape index (κ3) is 2.46. The molecule has 0 aromatic carbocycles. The van der Waals surface area contributed by atoms with Gasteiger partial charge in [-0.15, -0.1) is 0 Å². The van der Waals surface area contributed by atoms with Crippen molar-refractivity contribution in [1.29, 1.82) is 0 Å². The van der Waals surface area contributed by atoms with Crippen molar-refractivity contribution in [3.05, 3.63) is 23.6 Å². The summed E-state index contributed by atoms with van der Waals surface area (Å²) >= 11 is 0. The number of rotatable bonds is 3. The van der Waals surface area contributed by atoms with Crippen LogP contribution in [0, 0.1) is 0 Å². The standard InChI is InChI=1S/C11H16N2O2/c1-13-5-3-9(4-6-13)11-7-10(8-14-2)15-12-11/h3,7H,4-6,8H2,1-2H3. The molecule has 0 unspecified atom stereocenters. The number of hydrogen-bond donors (Lipinski definition) is 0. The van der Waals surface area contributed by atoms with E-state index >= 15 is 0 Å². The van der Waals surface area contributed by atoms with E-state index < -0.39 is 0 Å². The van der Waals surface area contributed by atoms with E-state index in [1.54, 1.807) is 7.11 Å². The van der Waals surface area contributed by atoms with Crippen molar-refractivity contribution >= 4 is 5.57 Å². The van der Waals surface area contributed by atoms with Crippen LogP contribution in [0.25, 0.3) is 5.57 Å². The lowest BCUT2D eigenvalue weighted by atomic mass is 10.1. The van der Waals surface area contributed by atoms with Crippen molar-refractivity contribution in [2.24, 2.45) is 0 Å². The van der Waals surface area contributed by atoms with Gasteiger partial charge in [0.15, 0.2) is 5.76 Å². The maximum atomic E-state index is 5.16. The van der Waals surface area contributed by atoms with E-state index in [4.69, 9.17) is 9.26 Å². The van der Waals surface area contributed by atoms with Crippen molar-refractivity contribution in [2.75, 3.05) is 27.2 Å². The molecule has 0 atom stereocenters. The van der Waals surface area contributed by atoms with E-state index in [2.05, 4.69) is 23.2 Å². The third-order valence-electron chi connectivity index (χ3n) is 2.59. The topological polar surface area (TPSA) is 38.5 Å². The zero-order valence-corrected chi connectivity index (χ0v) is 9.19. The van der Waals surface area contributed by atoms with Gasteiger partial charge in [0.2, 0.25) is 0 Å². The maximum Gasteiger partial charge on any atom is 0.162 e. The first kappa shape index (κ1) is 10.4. The second-order valence-electron chi connectivity index (χ2n) is 3.85. The highest BCUT2D eigenvalue weighted by Gasteiger charge is 2.13. The molecule has 1 aromatic rings. The number of hydrogen-bond acceptors (Lipinski definition) is 4. The Bertz CT molecular complexity index is 357. The van der Waals surface area contributed by atoms with Gasteiger partial charge in [0, 0.05) is 26.3 Å². The fraction of sp³-hybridized carbons (Fsp3) is 0.545. The van der Waals surface area contributed by atoms with E-state index in [-0.39, 0.29) is 0 Å². The van der Waals surface area contributed by atoms with Crippen LogP contribution < -0.4 is 0 Å². The SMILES string of the molecule is COCc1cc(C2=CCN(C)CC2)no1. The molecule has 0 N–H and O–H groups in total. The third-order valence-corrected chi connectivity index (χ3v) is 2.59. The Morgan fingerprint density at radius 1 is 1.60 bits per heavy atom. The van der Waals surface area contributed by atoms with Gasteiger partial charge in [-0.1, -0.05) is 11.2 Å². The van der Waals surface area contributed by atoms with Crippen molar-refractivity contribution < 1.29 is 9.26 Å². The Morgan fingerprint density at radius 2 is 2.47 bits per heavy atom. The van der Waals surface area contributed by atoms with Gasteiger partial charge in [0.05, 0.1) is 0 Å². The van der Waals surface area contributed by atoms with Crippen LogP contribution in [-0.2, 0) is 11.3 Å². The number of nitrogens with zero attached hydrogens (tertiary/aromatic N) is 2. The quantitative estimate of drug-likeness (QED) is 0.755. The fourth-order valence-electron chi connectivity index (χ4n) is 1.68. The van der Waals surface area contributed by atoms with Crippen molar-refractivity contribution in [3.63, 3.8) is 0 Å². The summed E-state index contributed by atoms with van der Waals surface area (Å²) in [5.41, 5.74) is 2.23. The van der Waals surface area contributed by atoms with E-state index in [0.29, 0.717) is 6.61 Å². The molecule has 0 aliphatic carbocycles. The molecule has 1 aliphatic heterocycles. The van der Waals surface area contributed by atoms with Crippen LogP contribution in [0.3, 0.4) is 0 Å². The van der Waals surface area contributed by atoms with E-state index in [9.17, 15) is 0 Å². The summed E-state index contributed by atoms with van der Waals surface area (Å²) in [5, 5.41) is 4.04. The number of aromatic nitrogens is 1. The molecule has 0 spiro atoms. The molecule has 2 rings (SSSR count). The molecule has 82 valence electrons. The normalized spacial score (nSPS) is 17.9. The Labute approximate surface area is 89.5 Å². The molecule has 15 heavy (non-hydrogen) atoms. The van der Waals surface area contributed by atoms with Crippen LogP contribution in [0.15, 0.2) is 16.7 Å². The largest absolute Gasteiger partial charge is 0.377 e. The molecule has 1 aliphatic rings. The molecule has 2 heterocycles. The van der Waals surface area contributed by atoms with Crippen LogP contribution in [0.1, 0.15) is 17.9 Å². The van der Waals surface area contributed by atoms with Gasteiger partial charge in [0.1, 0.15) is 12.3 Å². The number of likely N-dealkylation sites (N-methyl/N-ethyl adjacent to an activating group) is 1. The minimum atomic E-state index is 0.486. The van der Waals surface area contributed by atoms with Crippen molar-refractivity contribution in [1.82, 2.24) is 10.1 Å². The first-order valence-corrected chi connectivity index (χ1v) is 5.12. The summed E-state index contributed by atoms with van der Waals surface area (Å²) < 4.78 is 10.1. The highest BCUT2D eigenvalue weighted by atomic mass is 16.5. The van der Waals surface area contributed by atoms with Crippen molar-refractivity contribution in [3.8, 4) is 0 Å². The lowest BCUT2D eigenvalue weighted by molar-refractivity contribution is 0.156. The Kier molecular flexibility index (Phi) is 3.18. The molecule has 0 fully saturated rings. The van der Waals surface area contributed by atoms with Gasteiger partial charge in [-0.25, -0.2) is 0 Å². The fourth-order valence-corrected chi connectivity index (χ4v) is 1.68. The molecular formula is C11H16N2O2. The second-order valence-corrected chi connectivity index (χ2v) is 3.85. The first-order chi connectivity index (χ1) is 7.29. The Balaban J connectivity index is 2.09. The van der Waals surface area contributed by atoms with Crippen LogP contribution in [0.2, 0.25) is 0 Å². The number of ether oxygens (including phenoxy) is 1. The monoisotopic (exact) mass is 208 g/mol. The molecule has 0 amide bonds. The first-order valence-electron chi connectivity index (χ1n) is 5.12. The molecule has 4 heteroatoms. The Hall–Kier alpha value is -1.13.